The van der Waals surface area contributed by atoms with E-state index in [1.807, 2.05) is 41.8 Å². The van der Waals surface area contributed by atoms with Crippen molar-refractivity contribution in [1.82, 2.24) is 14.8 Å². The molecule has 0 bridgehead atoms. The number of amides is 1. The van der Waals surface area contributed by atoms with Crippen LogP contribution in [0, 0.1) is 6.92 Å². The quantitative estimate of drug-likeness (QED) is 0.287. The second-order valence-electron chi connectivity index (χ2n) is 7.01. The molecule has 2 aromatic carbocycles. The lowest BCUT2D eigenvalue weighted by Gasteiger charge is -2.01. The molecule has 0 radical (unpaired) electrons. The highest BCUT2D eigenvalue weighted by Crippen LogP contribution is 2.32. The van der Waals surface area contributed by atoms with E-state index in [1.165, 1.54) is 0 Å². The standard InChI is InChI=1S/C23H18N6O3/c1-15-22(29-11-3-2-4-21(29)25-15)27-26-18-8-6-17(7-9-18)23(30)28-24-13-16-5-10-19-20(12-16)32-14-31-19/h2-13H,14H2,1H3,(H,28,30)/b24-13+,27-26?. The van der Waals surface area contributed by atoms with Gasteiger partial charge in [-0.2, -0.15) is 5.10 Å². The Hall–Kier alpha value is -4.53. The van der Waals surface area contributed by atoms with Gasteiger partial charge in [0.1, 0.15) is 5.65 Å². The normalized spacial score (nSPS) is 12.8. The maximum absolute atomic E-state index is 12.3. The van der Waals surface area contributed by atoms with Crippen LogP contribution in [0.2, 0.25) is 0 Å². The predicted molar refractivity (Wildman–Crippen MR) is 118 cm³/mol. The van der Waals surface area contributed by atoms with Gasteiger partial charge in [-0.25, -0.2) is 10.4 Å². The zero-order valence-corrected chi connectivity index (χ0v) is 17.1. The van der Waals surface area contributed by atoms with E-state index in [9.17, 15) is 4.79 Å². The topological polar surface area (TPSA) is 102 Å². The van der Waals surface area contributed by atoms with Gasteiger partial charge in [-0.05, 0) is 67.1 Å². The molecular weight excluding hydrogens is 408 g/mol. The van der Waals surface area contributed by atoms with Crippen molar-refractivity contribution in [2.24, 2.45) is 15.3 Å². The van der Waals surface area contributed by atoms with Crippen molar-refractivity contribution < 1.29 is 14.3 Å². The van der Waals surface area contributed by atoms with Gasteiger partial charge in [0.25, 0.3) is 5.91 Å². The lowest BCUT2D eigenvalue weighted by molar-refractivity contribution is 0.0955. The van der Waals surface area contributed by atoms with Gasteiger partial charge >= 0.3 is 0 Å². The predicted octanol–water partition coefficient (Wildman–Crippen LogP) is 4.55. The Bertz CT molecular complexity index is 1360. The number of pyridine rings is 1. The lowest BCUT2D eigenvalue weighted by atomic mass is 10.2. The smallest absolute Gasteiger partial charge is 0.271 e. The van der Waals surface area contributed by atoms with Crippen molar-refractivity contribution in [3.05, 3.63) is 83.7 Å². The summed E-state index contributed by atoms with van der Waals surface area (Å²) in [6.07, 6.45) is 3.43. The van der Waals surface area contributed by atoms with E-state index in [4.69, 9.17) is 9.47 Å². The van der Waals surface area contributed by atoms with Gasteiger partial charge in [-0.15, -0.1) is 10.2 Å². The molecule has 9 heteroatoms. The van der Waals surface area contributed by atoms with Crippen LogP contribution < -0.4 is 14.9 Å². The van der Waals surface area contributed by atoms with E-state index >= 15 is 0 Å². The summed E-state index contributed by atoms with van der Waals surface area (Å²) in [7, 11) is 0. The maximum atomic E-state index is 12.3. The van der Waals surface area contributed by atoms with Crippen molar-refractivity contribution in [3.8, 4) is 11.5 Å². The Kier molecular flexibility index (Phi) is 5.04. The fourth-order valence-corrected chi connectivity index (χ4v) is 3.23. The van der Waals surface area contributed by atoms with Crippen molar-refractivity contribution in [1.29, 1.82) is 0 Å². The van der Waals surface area contributed by atoms with Crippen LogP contribution >= 0.6 is 0 Å². The number of azo groups is 1. The molecule has 0 unspecified atom stereocenters. The third kappa shape index (κ3) is 3.91. The highest BCUT2D eigenvalue weighted by atomic mass is 16.7. The molecule has 0 aliphatic carbocycles. The zero-order chi connectivity index (χ0) is 21.9. The minimum atomic E-state index is -0.330. The average molecular weight is 426 g/mol. The summed E-state index contributed by atoms with van der Waals surface area (Å²) in [5.41, 5.74) is 5.97. The largest absolute Gasteiger partial charge is 0.454 e. The molecule has 4 aromatic rings. The Balaban J connectivity index is 1.23. The van der Waals surface area contributed by atoms with Crippen LogP contribution in [-0.4, -0.2) is 28.3 Å². The van der Waals surface area contributed by atoms with Gasteiger partial charge in [-0.3, -0.25) is 9.20 Å². The Morgan fingerprint density at radius 1 is 1.06 bits per heavy atom. The number of hydrogen-bond donors (Lipinski definition) is 1. The van der Waals surface area contributed by atoms with Crippen LogP contribution in [0.5, 0.6) is 11.5 Å². The number of carbonyl (C=O) groups is 1. The fourth-order valence-electron chi connectivity index (χ4n) is 3.23. The molecule has 2 aromatic heterocycles. The molecular formula is C23H18N6O3. The van der Waals surface area contributed by atoms with E-state index in [-0.39, 0.29) is 12.7 Å². The average Bonchev–Trinajstić information content (AvgIpc) is 3.41. The number of hydrogen-bond acceptors (Lipinski definition) is 7. The number of nitrogens with one attached hydrogen (secondary N) is 1. The number of aryl methyl sites for hydroxylation is 1. The van der Waals surface area contributed by atoms with Crippen LogP contribution in [0.4, 0.5) is 11.5 Å². The minimum Gasteiger partial charge on any atom is -0.454 e. The summed E-state index contributed by atoms with van der Waals surface area (Å²) >= 11 is 0. The second kappa shape index (κ2) is 8.31. The summed E-state index contributed by atoms with van der Waals surface area (Å²) in [5, 5.41) is 12.6. The molecule has 9 nitrogen and oxygen atoms in total. The summed E-state index contributed by atoms with van der Waals surface area (Å²) in [5.74, 6) is 1.69. The van der Waals surface area contributed by atoms with Gasteiger partial charge in [0.05, 0.1) is 17.6 Å². The highest BCUT2D eigenvalue weighted by molar-refractivity contribution is 5.95. The van der Waals surface area contributed by atoms with Crippen LogP contribution in [0.25, 0.3) is 5.65 Å². The number of imidazole rings is 1. The molecule has 0 fully saturated rings. The molecule has 5 rings (SSSR count). The van der Waals surface area contributed by atoms with Crippen LogP contribution in [0.3, 0.4) is 0 Å². The molecule has 1 aliphatic rings. The fraction of sp³-hybridized carbons (Fsp3) is 0.0870. The molecule has 0 saturated heterocycles. The van der Waals surface area contributed by atoms with Gasteiger partial charge in [0.15, 0.2) is 17.3 Å². The van der Waals surface area contributed by atoms with Crippen molar-refractivity contribution in [2.45, 2.75) is 6.92 Å². The van der Waals surface area contributed by atoms with Gasteiger partial charge in [-0.1, -0.05) is 6.07 Å². The lowest BCUT2D eigenvalue weighted by Crippen LogP contribution is -2.17. The number of fused-ring (bicyclic) bond motifs is 2. The van der Waals surface area contributed by atoms with Crippen molar-refractivity contribution in [2.75, 3.05) is 6.79 Å². The van der Waals surface area contributed by atoms with Gasteiger partial charge in [0, 0.05) is 11.8 Å². The molecule has 3 heterocycles. The molecule has 0 spiro atoms. The monoisotopic (exact) mass is 426 g/mol. The molecule has 32 heavy (non-hydrogen) atoms. The van der Waals surface area contributed by atoms with Crippen molar-refractivity contribution in [3.63, 3.8) is 0 Å². The molecule has 1 aliphatic heterocycles. The third-order valence-corrected chi connectivity index (χ3v) is 4.84. The number of ether oxygens (including phenoxy) is 2. The maximum Gasteiger partial charge on any atom is 0.271 e. The van der Waals surface area contributed by atoms with Gasteiger partial charge in [0.2, 0.25) is 6.79 Å². The van der Waals surface area contributed by atoms with Gasteiger partial charge < -0.3 is 9.47 Å². The first-order valence-corrected chi connectivity index (χ1v) is 9.86. The summed E-state index contributed by atoms with van der Waals surface area (Å²) in [4.78, 5) is 16.8. The molecule has 1 N–H and O–H groups in total. The first-order valence-electron chi connectivity index (χ1n) is 9.86. The molecule has 0 saturated carbocycles. The number of benzene rings is 2. The van der Waals surface area contributed by atoms with Crippen LogP contribution in [0.1, 0.15) is 21.6 Å². The van der Waals surface area contributed by atoms with Crippen molar-refractivity contribution >= 4 is 29.3 Å². The first kappa shape index (κ1) is 19.4. The Labute approximate surface area is 183 Å². The SMILES string of the molecule is Cc1nc2ccccn2c1N=Nc1ccc(C(=O)N/N=C/c2ccc3c(c2)OCO3)cc1. The summed E-state index contributed by atoms with van der Waals surface area (Å²) in [6, 6.07) is 17.9. The summed E-state index contributed by atoms with van der Waals surface area (Å²) in [6.45, 7) is 2.10. The number of rotatable bonds is 5. The number of hydrazone groups is 1. The first-order chi connectivity index (χ1) is 15.7. The number of nitrogens with zero attached hydrogens (tertiary/aromatic N) is 5. The third-order valence-electron chi connectivity index (χ3n) is 4.84. The van der Waals surface area contributed by atoms with E-state index in [0.717, 1.165) is 16.9 Å². The van der Waals surface area contributed by atoms with Crippen LogP contribution in [-0.2, 0) is 0 Å². The van der Waals surface area contributed by atoms with Crippen LogP contribution in [0.15, 0.2) is 82.2 Å². The zero-order valence-electron chi connectivity index (χ0n) is 17.1. The van der Waals surface area contributed by atoms with E-state index in [0.29, 0.717) is 28.6 Å². The minimum absolute atomic E-state index is 0.209. The Morgan fingerprint density at radius 2 is 1.91 bits per heavy atom. The van der Waals surface area contributed by atoms with E-state index < -0.39 is 0 Å². The van der Waals surface area contributed by atoms with E-state index in [1.54, 1.807) is 42.6 Å². The molecule has 1 amide bonds. The number of carbonyl (C=O) groups excluding carboxylic acids is 1. The Morgan fingerprint density at radius 3 is 2.78 bits per heavy atom. The highest BCUT2D eigenvalue weighted by Gasteiger charge is 2.12. The molecule has 0 atom stereocenters. The second-order valence-corrected chi connectivity index (χ2v) is 7.01. The molecule has 158 valence electrons. The summed E-state index contributed by atoms with van der Waals surface area (Å²) < 4.78 is 12.5. The number of aromatic nitrogens is 2. The van der Waals surface area contributed by atoms with E-state index in [2.05, 4.69) is 25.7 Å².